The van der Waals surface area contributed by atoms with Crippen LogP contribution < -0.4 is 10.6 Å². The van der Waals surface area contributed by atoms with Crippen molar-refractivity contribution < 1.29 is 19.5 Å². The average molecular weight is 583 g/mol. The van der Waals surface area contributed by atoms with Gasteiger partial charge in [0.2, 0.25) is 16.2 Å². The smallest absolute Gasteiger partial charge is 0.298 e. The van der Waals surface area contributed by atoms with Crippen molar-refractivity contribution in [2.75, 3.05) is 22.1 Å². The van der Waals surface area contributed by atoms with E-state index < -0.39 is 23.7 Å². The summed E-state index contributed by atoms with van der Waals surface area (Å²) in [5.74, 6) is -0.730. The second-order valence-corrected chi connectivity index (χ2v) is 11.7. The highest BCUT2D eigenvalue weighted by atomic mass is 32.2. The maximum absolute atomic E-state index is 12.5. The molecule has 39 heavy (non-hydrogen) atoms. The molecule has 0 radical (unpaired) electrons. The largest absolute Gasteiger partial charge is 0.388 e. The number of benzene rings is 2. The van der Waals surface area contributed by atoms with E-state index >= 15 is 0 Å². The summed E-state index contributed by atoms with van der Waals surface area (Å²) in [6.07, 6.45) is 0.454. The Balaban J connectivity index is 1.15. The highest BCUT2D eigenvalue weighted by Crippen LogP contribution is 2.24. The van der Waals surface area contributed by atoms with Gasteiger partial charge in [-0.25, -0.2) is 0 Å². The zero-order valence-corrected chi connectivity index (χ0v) is 23.4. The lowest BCUT2D eigenvalue weighted by Gasteiger charge is -2.17. The van der Waals surface area contributed by atoms with Crippen molar-refractivity contribution in [2.45, 2.75) is 25.9 Å². The minimum absolute atomic E-state index is 0.290. The van der Waals surface area contributed by atoms with Crippen LogP contribution in [0.2, 0.25) is 0 Å². The van der Waals surface area contributed by atoms with Crippen LogP contribution in [0.5, 0.6) is 0 Å². The summed E-state index contributed by atoms with van der Waals surface area (Å²) >= 11 is 4.27. The first-order valence-electron chi connectivity index (χ1n) is 12.1. The fraction of sp³-hybridized carbons (Fsp3) is 0.269. The Morgan fingerprint density at radius 2 is 1.36 bits per heavy atom. The first kappa shape index (κ1) is 28.5. The van der Waals surface area contributed by atoms with Crippen LogP contribution in [0.25, 0.3) is 0 Å². The normalized spacial score (nSPS) is 12.5. The Labute approximate surface area is 237 Å². The second-order valence-electron chi connectivity index (χ2n) is 8.40. The lowest BCUT2D eigenvalue weighted by Crippen LogP contribution is -2.25. The molecule has 3 N–H and O–H groups in total. The summed E-state index contributed by atoms with van der Waals surface area (Å²) in [5, 5.41) is 34.2. The summed E-state index contributed by atoms with van der Waals surface area (Å²) < 4.78 is 0. The minimum atomic E-state index is -0.910. The van der Waals surface area contributed by atoms with E-state index in [2.05, 4.69) is 31.0 Å². The van der Waals surface area contributed by atoms with Gasteiger partial charge >= 0.3 is 0 Å². The van der Waals surface area contributed by atoms with E-state index in [4.69, 9.17) is 0 Å². The number of rotatable bonds is 13. The van der Waals surface area contributed by atoms with Gasteiger partial charge in [0.25, 0.3) is 11.7 Å². The van der Waals surface area contributed by atoms with E-state index in [1.54, 1.807) is 61.2 Å². The molecular weight excluding hydrogens is 557 g/mol. The molecule has 10 nitrogen and oxygen atoms in total. The van der Waals surface area contributed by atoms with Crippen molar-refractivity contribution in [3.8, 4) is 0 Å². The summed E-state index contributed by atoms with van der Waals surface area (Å²) in [7, 11) is 0. The van der Waals surface area contributed by atoms with Gasteiger partial charge in [-0.2, -0.15) is 11.8 Å². The van der Waals surface area contributed by atoms with E-state index in [1.807, 2.05) is 18.2 Å². The number of thioether (sulfide) groups is 1. The van der Waals surface area contributed by atoms with Crippen LogP contribution in [-0.2, 0) is 22.4 Å². The molecule has 4 aromatic rings. The van der Waals surface area contributed by atoms with Gasteiger partial charge in [-0.1, -0.05) is 90.3 Å². The van der Waals surface area contributed by atoms with Gasteiger partial charge in [-0.05, 0) is 17.1 Å². The second kappa shape index (κ2) is 14.0. The third-order valence-corrected chi connectivity index (χ3v) is 8.36. The van der Waals surface area contributed by atoms with Gasteiger partial charge < -0.3 is 10.4 Å². The van der Waals surface area contributed by atoms with Gasteiger partial charge in [0.05, 0.1) is 12.0 Å². The maximum Gasteiger partial charge on any atom is 0.298 e. The molecule has 2 heterocycles. The Hall–Kier alpha value is -3.52. The van der Waals surface area contributed by atoms with Crippen LogP contribution in [0.15, 0.2) is 60.7 Å². The molecule has 13 heteroatoms. The molecule has 0 saturated heterocycles. The number of aliphatic hydroxyl groups is 1. The minimum Gasteiger partial charge on any atom is -0.388 e. The number of amides is 2. The van der Waals surface area contributed by atoms with Crippen molar-refractivity contribution in [3.63, 3.8) is 0 Å². The molecule has 202 valence electrons. The number of hydrogen-bond donors (Lipinski definition) is 3. The SMILES string of the molecule is CC(C(=O)Nc1nnc(CCSCCc2nnc(NC(=O)C(=O)c3ccccc3)s2)s1)C(O)c1ccccc1. The Morgan fingerprint density at radius 3 is 1.95 bits per heavy atom. The molecule has 0 aliphatic rings. The molecule has 0 aliphatic carbocycles. The third kappa shape index (κ3) is 8.23. The van der Waals surface area contributed by atoms with Crippen molar-refractivity contribution >= 4 is 62.3 Å². The monoisotopic (exact) mass is 582 g/mol. The molecule has 0 aliphatic heterocycles. The Kier molecular flexibility index (Phi) is 10.3. The number of carbonyl (C=O) groups is 3. The Bertz CT molecular complexity index is 1400. The van der Waals surface area contributed by atoms with Crippen LogP contribution >= 0.6 is 34.4 Å². The maximum atomic E-state index is 12.5. The van der Waals surface area contributed by atoms with Crippen LogP contribution in [0.3, 0.4) is 0 Å². The molecule has 2 amide bonds. The van der Waals surface area contributed by atoms with Crippen LogP contribution in [0.1, 0.15) is 39.0 Å². The number of nitrogens with zero attached hydrogens (tertiary/aromatic N) is 4. The van der Waals surface area contributed by atoms with E-state index in [1.165, 1.54) is 22.7 Å². The van der Waals surface area contributed by atoms with Gasteiger partial charge in [0.15, 0.2) is 0 Å². The number of Topliss-reactive ketones (excluding diaryl/α,β-unsaturated/α-hetero) is 1. The van der Waals surface area contributed by atoms with Crippen molar-refractivity contribution in [2.24, 2.45) is 5.92 Å². The zero-order chi connectivity index (χ0) is 27.6. The molecule has 0 bridgehead atoms. The number of aliphatic hydroxyl groups excluding tert-OH is 1. The number of carbonyl (C=O) groups excluding carboxylic acids is 3. The molecule has 4 rings (SSSR count). The predicted octanol–water partition coefficient (Wildman–Crippen LogP) is 4.04. The average Bonchev–Trinajstić information content (AvgIpc) is 3.61. The van der Waals surface area contributed by atoms with Gasteiger partial charge in [-0.15, -0.1) is 20.4 Å². The number of ketones is 1. The quantitative estimate of drug-likeness (QED) is 0.121. The fourth-order valence-electron chi connectivity index (χ4n) is 3.41. The summed E-state index contributed by atoms with van der Waals surface area (Å²) in [5.41, 5.74) is 1.00. The molecule has 2 unspecified atom stereocenters. The molecule has 2 atom stereocenters. The zero-order valence-electron chi connectivity index (χ0n) is 20.9. The first-order chi connectivity index (χ1) is 18.9. The molecule has 2 aromatic heterocycles. The topological polar surface area (TPSA) is 147 Å². The number of aryl methyl sites for hydroxylation is 2. The number of hydrogen-bond acceptors (Lipinski definition) is 11. The molecule has 2 aromatic carbocycles. The van der Waals surface area contributed by atoms with Crippen LogP contribution in [-0.4, -0.2) is 54.6 Å². The highest BCUT2D eigenvalue weighted by Gasteiger charge is 2.24. The van der Waals surface area contributed by atoms with E-state index in [9.17, 15) is 19.5 Å². The number of aromatic nitrogens is 4. The van der Waals surface area contributed by atoms with Gasteiger partial charge in [0, 0.05) is 18.4 Å². The summed E-state index contributed by atoms with van der Waals surface area (Å²) in [6, 6.07) is 17.4. The summed E-state index contributed by atoms with van der Waals surface area (Å²) in [6.45, 7) is 1.67. The molecule has 0 fully saturated rings. The summed E-state index contributed by atoms with van der Waals surface area (Å²) in [4.78, 5) is 36.9. The highest BCUT2D eigenvalue weighted by molar-refractivity contribution is 7.99. The van der Waals surface area contributed by atoms with Crippen molar-refractivity contribution in [1.82, 2.24) is 20.4 Å². The number of nitrogens with one attached hydrogen (secondary N) is 2. The lowest BCUT2D eigenvalue weighted by atomic mass is 9.97. The predicted molar refractivity (Wildman–Crippen MR) is 153 cm³/mol. The molecule has 0 spiro atoms. The molecule has 0 saturated carbocycles. The van der Waals surface area contributed by atoms with E-state index in [-0.39, 0.29) is 5.91 Å². The van der Waals surface area contributed by atoms with E-state index in [0.717, 1.165) is 21.5 Å². The van der Waals surface area contributed by atoms with E-state index in [0.29, 0.717) is 34.2 Å². The van der Waals surface area contributed by atoms with Crippen LogP contribution in [0, 0.1) is 5.92 Å². The van der Waals surface area contributed by atoms with Crippen LogP contribution in [0.4, 0.5) is 10.3 Å². The van der Waals surface area contributed by atoms with Gasteiger partial charge in [-0.3, -0.25) is 19.7 Å². The van der Waals surface area contributed by atoms with Crippen molar-refractivity contribution in [3.05, 3.63) is 81.8 Å². The standard InChI is InChI=1S/C26H26N6O4S3/c1-16(21(33)17-8-4-2-5-9-17)23(35)27-25-31-29-19(38-25)12-14-37-15-13-20-30-32-26(39-20)28-24(36)22(34)18-10-6-3-7-11-18/h2-11,16,21,33H,12-15H2,1H3,(H,27,31,35)(H,28,32,36). The lowest BCUT2D eigenvalue weighted by molar-refractivity contribution is -0.122. The van der Waals surface area contributed by atoms with Crippen molar-refractivity contribution in [1.29, 1.82) is 0 Å². The first-order valence-corrected chi connectivity index (χ1v) is 14.9. The number of anilines is 2. The Morgan fingerprint density at radius 1 is 0.821 bits per heavy atom. The van der Waals surface area contributed by atoms with Gasteiger partial charge in [0.1, 0.15) is 10.0 Å². The fourth-order valence-corrected chi connectivity index (χ4v) is 6.02. The third-order valence-electron chi connectivity index (χ3n) is 5.58. The molecular formula is C26H26N6O4S3.